The molecule has 0 saturated carbocycles. The van der Waals surface area contributed by atoms with Gasteiger partial charge >= 0.3 is 11.9 Å². The molecule has 4 heteroatoms. The highest BCUT2D eigenvalue weighted by Crippen LogP contribution is 2.26. The van der Waals surface area contributed by atoms with Crippen molar-refractivity contribution in [2.24, 2.45) is 0 Å². The Kier molecular flexibility index (Phi) is 6.06. The first-order valence-electron chi connectivity index (χ1n) is 6.53. The molecule has 0 aliphatic carbocycles. The minimum atomic E-state index is -0.400. The molecule has 0 bridgehead atoms. The van der Waals surface area contributed by atoms with E-state index < -0.39 is 6.10 Å². The van der Waals surface area contributed by atoms with E-state index in [9.17, 15) is 9.59 Å². The molecule has 1 aromatic rings. The highest BCUT2D eigenvalue weighted by atomic mass is 16.5. The third-order valence-corrected chi connectivity index (χ3v) is 2.66. The molecule has 0 fully saturated rings. The van der Waals surface area contributed by atoms with E-state index in [0.717, 1.165) is 6.42 Å². The second-order valence-corrected chi connectivity index (χ2v) is 4.19. The van der Waals surface area contributed by atoms with Gasteiger partial charge in [-0.15, -0.1) is 0 Å². The van der Waals surface area contributed by atoms with Crippen molar-refractivity contribution in [1.29, 1.82) is 0 Å². The van der Waals surface area contributed by atoms with Crippen molar-refractivity contribution in [2.75, 3.05) is 6.61 Å². The fourth-order valence-corrected chi connectivity index (χ4v) is 1.91. The zero-order valence-corrected chi connectivity index (χ0v) is 11.6. The van der Waals surface area contributed by atoms with E-state index in [4.69, 9.17) is 9.47 Å². The highest BCUT2D eigenvalue weighted by Gasteiger charge is 2.21. The van der Waals surface area contributed by atoms with Gasteiger partial charge in [-0.2, -0.15) is 0 Å². The van der Waals surface area contributed by atoms with E-state index in [-0.39, 0.29) is 11.9 Å². The summed E-state index contributed by atoms with van der Waals surface area (Å²) in [5, 5.41) is 0. The van der Waals surface area contributed by atoms with E-state index in [1.54, 1.807) is 25.1 Å². The van der Waals surface area contributed by atoms with E-state index >= 15 is 0 Å². The van der Waals surface area contributed by atoms with Gasteiger partial charge in [0, 0.05) is 12.5 Å². The van der Waals surface area contributed by atoms with Crippen LogP contribution in [0.2, 0.25) is 0 Å². The number of ether oxygens (including phenoxy) is 2. The van der Waals surface area contributed by atoms with E-state index in [1.165, 1.54) is 6.92 Å². The molecule has 1 rings (SSSR count). The monoisotopic (exact) mass is 264 g/mol. The molecule has 0 spiro atoms. The standard InChI is InChI=1S/C15H20O4/c1-4-8-14(19-11(3)16)12-9-6-7-10-13(12)15(17)18-5-2/h6-7,9-10,14H,4-5,8H2,1-3H3. The summed E-state index contributed by atoms with van der Waals surface area (Å²) in [5.41, 5.74) is 1.17. The van der Waals surface area contributed by atoms with Gasteiger partial charge in [0.25, 0.3) is 0 Å². The smallest absolute Gasteiger partial charge is 0.338 e. The second-order valence-electron chi connectivity index (χ2n) is 4.19. The topological polar surface area (TPSA) is 52.6 Å². The first kappa shape index (κ1) is 15.2. The first-order valence-corrected chi connectivity index (χ1v) is 6.53. The lowest BCUT2D eigenvalue weighted by atomic mass is 9.99. The third-order valence-electron chi connectivity index (χ3n) is 2.66. The molecule has 0 saturated heterocycles. The molecular formula is C15H20O4. The van der Waals surface area contributed by atoms with Gasteiger partial charge in [0.1, 0.15) is 6.10 Å². The van der Waals surface area contributed by atoms with Gasteiger partial charge < -0.3 is 9.47 Å². The molecular weight excluding hydrogens is 244 g/mol. The molecule has 0 aromatic heterocycles. The van der Waals surface area contributed by atoms with Gasteiger partial charge in [0.15, 0.2) is 0 Å². The molecule has 0 heterocycles. The van der Waals surface area contributed by atoms with Crippen LogP contribution in [0.1, 0.15) is 55.6 Å². The largest absolute Gasteiger partial charge is 0.462 e. The second kappa shape index (κ2) is 7.56. The Morgan fingerprint density at radius 2 is 1.89 bits per heavy atom. The lowest BCUT2D eigenvalue weighted by Crippen LogP contribution is -2.14. The summed E-state index contributed by atoms with van der Waals surface area (Å²) in [4.78, 5) is 23.1. The summed E-state index contributed by atoms with van der Waals surface area (Å²) in [5.74, 6) is -0.733. The van der Waals surface area contributed by atoms with Gasteiger partial charge in [0.2, 0.25) is 0 Å². The lowest BCUT2D eigenvalue weighted by molar-refractivity contribution is -0.147. The van der Waals surface area contributed by atoms with Crippen LogP contribution >= 0.6 is 0 Å². The number of hydrogen-bond acceptors (Lipinski definition) is 4. The predicted octanol–water partition coefficient (Wildman–Crippen LogP) is 3.27. The maximum absolute atomic E-state index is 11.9. The van der Waals surface area contributed by atoms with Crippen LogP contribution in [0.15, 0.2) is 24.3 Å². The summed E-state index contributed by atoms with van der Waals surface area (Å²) in [6.07, 6.45) is 1.13. The number of carbonyl (C=O) groups excluding carboxylic acids is 2. The average Bonchev–Trinajstić information content (AvgIpc) is 2.38. The van der Waals surface area contributed by atoms with Crippen LogP contribution in [0.3, 0.4) is 0 Å². The number of rotatable bonds is 6. The third kappa shape index (κ3) is 4.39. The predicted molar refractivity (Wildman–Crippen MR) is 71.8 cm³/mol. The zero-order chi connectivity index (χ0) is 14.3. The molecule has 0 N–H and O–H groups in total. The van der Waals surface area contributed by atoms with Crippen molar-refractivity contribution in [1.82, 2.24) is 0 Å². The normalized spacial score (nSPS) is 11.7. The summed E-state index contributed by atoms with van der Waals surface area (Å²) in [6, 6.07) is 7.09. The SMILES string of the molecule is CCCC(OC(C)=O)c1ccccc1C(=O)OCC. The Bertz CT molecular complexity index is 440. The van der Waals surface area contributed by atoms with E-state index in [0.29, 0.717) is 24.2 Å². The van der Waals surface area contributed by atoms with Crippen LogP contribution in [-0.4, -0.2) is 18.5 Å². The number of benzene rings is 1. The number of hydrogen-bond donors (Lipinski definition) is 0. The maximum Gasteiger partial charge on any atom is 0.338 e. The Morgan fingerprint density at radius 3 is 2.47 bits per heavy atom. The molecule has 19 heavy (non-hydrogen) atoms. The molecule has 1 unspecified atom stereocenters. The van der Waals surface area contributed by atoms with Crippen molar-refractivity contribution < 1.29 is 19.1 Å². The van der Waals surface area contributed by atoms with Crippen LogP contribution in [0.25, 0.3) is 0 Å². The highest BCUT2D eigenvalue weighted by molar-refractivity contribution is 5.91. The quantitative estimate of drug-likeness (QED) is 0.740. The molecule has 0 radical (unpaired) electrons. The van der Waals surface area contributed by atoms with Gasteiger partial charge in [-0.25, -0.2) is 4.79 Å². The van der Waals surface area contributed by atoms with Gasteiger partial charge in [0.05, 0.1) is 12.2 Å². The zero-order valence-electron chi connectivity index (χ0n) is 11.6. The van der Waals surface area contributed by atoms with Crippen LogP contribution in [0.5, 0.6) is 0 Å². The Labute approximate surface area is 113 Å². The van der Waals surface area contributed by atoms with Crippen molar-refractivity contribution in [3.8, 4) is 0 Å². The Balaban J connectivity index is 3.07. The van der Waals surface area contributed by atoms with E-state index in [2.05, 4.69) is 0 Å². The van der Waals surface area contributed by atoms with Crippen molar-refractivity contribution >= 4 is 11.9 Å². The Hall–Kier alpha value is -1.84. The molecule has 4 nitrogen and oxygen atoms in total. The summed E-state index contributed by atoms with van der Waals surface area (Å²) in [7, 11) is 0. The van der Waals surface area contributed by atoms with Gasteiger partial charge in [-0.1, -0.05) is 31.5 Å². The Morgan fingerprint density at radius 1 is 1.21 bits per heavy atom. The van der Waals surface area contributed by atoms with Crippen molar-refractivity contribution in [3.63, 3.8) is 0 Å². The number of esters is 2. The minimum absolute atomic E-state index is 0.319. The van der Waals surface area contributed by atoms with Crippen LogP contribution in [0, 0.1) is 0 Å². The molecule has 0 aliphatic heterocycles. The van der Waals surface area contributed by atoms with E-state index in [1.807, 2.05) is 13.0 Å². The van der Waals surface area contributed by atoms with Crippen molar-refractivity contribution in [3.05, 3.63) is 35.4 Å². The first-order chi connectivity index (χ1) is 9.10. The molecule has 0 amide bonds. The lowest BCUT2D eigenvalue weighted by Gasteiger charge is -2.19. The molecule has 1 aromatic carbocycles. The average molecular weight is 264 g/mol. The maximum atomic E-state index is 11.9. The van der Waals surface area contributed by atoms with Gasteiger partial charge in [-0.3, -0.25) is 4.79 Å². The number of carbonyl (C=O) groups is 2. The van der Waals surface area contributed by atoms with Crippen molar-refractivity contribution in [2.45, 2.75) is 39.7 Å². The fourth-order valence-electron chi connectivity index (χ4n) is 1.91. The summed E-state index contributed by atoms with van der Waals surface area (Å²) in [6.45, 7) is 5.45. The molecule has 1 atom stereocenters. The summed E-state index contributed by atoms with van der Waals surface area (Å²) < 4.78 is 10.3. The molecule has 0 aliphatic rings. The molecule has 104 valence electrons. The van der Waals surface area contributed by atoms with Gasteiger partial charge in [-0.05, 0) is 19.4 Å². The minimum Gasteiger partial charge on any atom is -0.462 e. The fraction of sp³-hybridized carbons (Fsp3) is 0.467. The van der Waals surface area contributed by atoms with Crippen LogP contribution in [0.4, 0.5) is 0 Å². The summed E-state index contributed by atoms with van der Waals surface area (Å²) >= 11 is 0. The van der Waals surface area contributed by atoms with Crippen LogP contribution < -0.4 is 0 Å². The van der Waals surface area contributed by atoms with Crippen LogP contribution in [-0.2, 0) is 14.3 Å².